The maximum atomic E-state index is 12.5. The number of ether oxygens (including phenoxy) is 4. The fraction of sp³-hybridized carbons (Fsp3) is 0.905. The van der Waals surface area contributed by atoms with Crippen LogP contribution in [0.5, 0.6) is 0 Å². The summed E-state index contributed by atoms with van der Waals surface area (Å²) in [6.45, 7) is 8.62. The molecular formula is C21H32O6. The molecule has 2 heterocycles. The summed E-state index contributed by atoms with van der Waals surface area (Å²) in [6, 6.07) is 0. The molecule has 0 aromatic heterocycles. The summed E-state index contributed by atoms with van der Waals surface area (Å²) in [5, 5.41) is 0. The summed E-state index contributed by atoms with van der Waals surface area (Å²) in [5.41, 5.74) is -0.404. The molecule has 0 aromatic rings. The second kappa shape index (κ2) is 7.03. The zero-order valence-electron chi connectivity index (χ0n) is 16.8. The van der Waals surface area contributed by atoms with Gasteiger partial charge >= 0.3 is 11.9 Å². The number of fused-ring (bicyclic) bond motifs is 2. The Morgan fingerprint density at radius 3 is 1.56 bits per heavy atom. The Morgan fingerprint density at radius 2 is 1.15 bits per heavy atom. The molecule has 7 unspecified atom stereocenters. The van der Waals surface area contributed by atoms with Crippen molar-refractivity contribution in [3.63, 3.8) is 0 Å². The first kappa shape index (κ1) is 19.2. The van der Waals surface area contributed by atoms with Crippen LogP contribution in [-0.4, -0.2) is 49.6 Å². The van der Waals surface area contributed by atoms with E-state index < -0.39 is 5.41 Å². The van der Waals surface area contributed by atoms with Gasteiger partial charge in [-0.15, -0.1) is 0 Å². The van der Waals surface area contributed by atoms with Crippen molar-refractivity contribution >= 4 is 11.9 Å². The second-order valence-corrected chi connectivity index (χ2v) is 9.92. The van der Waals surface area contributed by atoms with E-state index in [9.17, 15) is 9.59 Å². The number of rotatable bonds is 6. The average Bonchev–Trinajstić information content (AvgIpc) is 3.51. The van der Waals surface area contributed by atoms with E-state index in [1.807, 2.05) is 13.8 Å². The fourth-order valence-corrected chi connectivity index (χ4v) is 4.66. The van der Waals surface area contributed by atoms with E-state index in [1.54, 1.807) is 0 Å². The van der Waals surface area contributed by atoms with Crippen LogP contribution in [0, 0.1) is 29.1 Å². The van der Waals surface area contributed by atoms with Crippen LogP contribution >= 0.6 is 0 Å². The maximum Gasteiger partial charge on any atom is 0.309 e. The van der Waals surface area contributed by atoms with Crippen molar-refractivity contribution in [2.24, 2.45) is 29.1 Å². The van der Waals surface area contributed by atoms with Crippen molar-refractivity contribution in [2.45, 2.75) is 77.8 Å². The van der Waals surface area contributed by atoms with Gasteiger partial charge in [-0.3, -0.25) is 9.59 Å². The molecule has 27 heavy (non-hydrogen) atoms. The minimum Gasteiger partial charge on any atom is -0.465 e. The van der Waals surface area contributed by atoms with E-state index >= 15 is 0 Å². The van der Waals surface area contributed by atoms with E-state index in [0.29, 0.717) is 24.0 Å². The van der Waals surface area contributed by atoms with Gasteiger partial charge in [0.1, 0.15) is 0 Å². The Kier molecular flexibility index (Phi) is 5.00. The molecule has 6 nitrogen and oxygen atoms in total. The molecule has 0 N–H and O–H groups in total. The summed E-state index contributed by atoms with van der Waals surface area (Å²) < 4.78 is 22.3. The molecule has 0 amide bonds. The first-order chi connectivity index (χ1) is 12.7. The minimum absolute atomic E-state index is 0.0818. The molecule has 152 valence electrons. The van der Waals surface area contributed by atoms with Crippen molar-refractivity contribution in [3.8, 4) is 0 Å². The lowest BCUT2D eigenvalue weighted by Crippen LogP contribution is -2.36. The number of carbonyl (C=O) groups excluding carboxylic acids is 2. The molecule has 0 aromatic carbocycles. The minimum atomic E-state index is -0.404. The van der Waals surface area contributed by atoms with Gasteiger partial charge in [-0.25, -0.2) is 0 Å². The highest BCUT2D eigenvalue weighted by Crippen LogP contribution is 2.44. The Balaban J connectivity index is 1.21. The molecule has 8 atom stereocenters. The van der Waals surface area contributed by atoms with Crippen LogP contribution in [0.3, 0.4) is 0 Å². The Hall–Kier alpha value is -1.14. The molecule has 2 aliphatic carbocycles. The molecule has 2 saturated carbocycles. The lowest BCUT2D eigenvalue weighted by Gasteiger charge is -2.29. The predicted molar refractivity (Wildman–Crippen MR) is 96.8 cm³/mol. The topological polar surface area (TPSA) is 77.7 Å². The Labute approximate surface area is 161 Å². The molecule has 0 radical (unpaired) electrons. The number of hydrogen-bond donors (Lipinski definition) is 0. The van der Waals surface area contributed by atoms with Crippen molar-refractivity contribution in [2.75, 3.05) is 13.2 Å². The zero-order chi connectivity index (χ0) is 19.3. The third-order valence-electron chi connectivity index (χ3n) is 6.75. The van der Waals surface area contributed by atoms with Gasteiger partial charge in [-0.1, -0.05) is 27.7 Å². The van der Waals surface area contributed by atoms with Crippen LogP contribution in [0.25, 0.3) is 0 Å². The molecular weight excluding hydrogens is 348 g/mol. The Bertz CT molecular complexity index is 551. The van der Waals surface area contributed by atoms with Crippen molar-refractivity contribution in [3.05, 3.63) is 0 Å². The normalized spacial score (nSPS) is 42.5. The largest absolute Gasteiger partial charge is 0.465 e. The van der Waals surface area contributed by atoms with Gasteiger partial charge in [0.2, 0.25) is 0 Å². The fourth-order valence-electron chi connectivity index (χ4n) is 4.66. The van der Waals surface area contributed by atoms with E-state index in [1.165, 1.54) is 0 Å². The number of carbonyl (C=O) groups is 2. The summed E-state index contributed by atoms with van der Waals surface area (Å²) in [7, 11) is 0. The predicted octanol–water partition coefficient (Wildman–Crippen LogP) is 2.73. The lowest BCUT2D eigenvalue weighted by molar-refractivity contribution is -0.160. The van der Waals surface area contributed by atoms with Gasteiger partial charge in [0, 0.05) is 5.41 Å². The molecule has 2 aliphatic heterocycles. The molecule has 4 fully saturated rings. The summed E-state index contributed by atoms with van der Waals surface area (Å²) in [5.74, 6) is 0.137. The van der Waals surface area contributed by atoms with Crippen LogP contribution in [0.2, 0.25) is 0 Å². The SMILES string of the molecule is CC1CC2OC2CC1C(=O)OCC(C)(C)COC(=O)C1C[C@H]2OC2CC1C. The molecule has 4 rings (SSSR count). The van der Waals surface area contributed by atoms with Gasteiger partial charge in [-0.05, 0) is 37.5 Å². The molecule has 0 spiro atoms. The van der Waals surface area contributed by atoms with E-state index in [0.717, 1.165) is 25.7 Å². The third-order valence-corrected chi connectivity index (χ3v) is 6.75. The summed E-state index contributed by atoms with van der Waals surface area (Å²) >= 11 is 0. The third kappa shape index (κ3) is 4.32. The highest BCUT2D eigenvalue weighted by molar-refractivity contribution is 5.73. The van der Waals surface area contributed by atoms with E-state index in [2.05, 4.69) is 13.8 Å². The monoisotopic (exact) mass is 380 g/mol. The maximum absolute atomic E-state index is 12.5. The number of esters is 2. The van der Waals surface area contributed by atoms with Gasteiger partial charge in [0.15, 0.2) is 0 Å². The van der Waals surface area contributed by atoms with Crippen molar-refractivity contribution in [1.82, 2.24) is 0 Å². The van der Waals surface area contributed by atoms with Crippen molar-refractivity contribution < 1.29 is 28.5 Å². The highest BCUT2D eigenvalue weighted by Gasteiger charge is 2.50. The molecule has 4 aliphatic rings. The Morgan fingerprint density at radius 1 is 0.778 bits per heavy atom. The van der Waals surface area contributed by atoms with Crippen LogP contribution < -0.4 is 0 Å². The van der Waals surface area contributed by atoms with Crippen LogP contribution in [0.15, 0.2) is 0 Å². The quantitative estimate of drug-likeness (QED) is 0.521. The highest BCUT2D eigenvalue weighted by atomic mass is 16.6. The number of epoxide rings is 2. The molecule has 6 heteroatoms. The summed E-state index contributed by atoms with van der Waals surface area (Å²) in [4.78, 5) is 25.0. The average molecular weight is 380 g/mol. The second-order valence-electron chi connectivity index (χ2n) is 9.92. The smallest absolute Gasteiger partial charge is 0.309 e. The van der Waals surface area contributed by atoms with Crippen LogP contribution in [0.1, 0.15) is 53.4 Å². The lowest BCUT2D eigenvalue weighted by atomic mass is 9.80. The van der Waals surface area contributed by atoms with Gasteiger partial charge in [0.25, 0.3) is 0 Å². The molecule has 2 saturated heterocycles. The van der Waals surface area contributed by atoms with Crippen molar-refractivity contribution in [1.29, 1.82) is 0 Å². The van der Waals surface area contributed by atoms with Crippen LogP contribution in [-0.2, 0) is 28.5 Å². The van der Waals surface area contributed by atoms with E-state index in [-0.39, 0.29) is 49.2 Å². The zero-order valence-corrected chi connectivity index (χ0v) is 16.8. The number of hydrogen-bond acceptors (Lipinski definition) is 6. The van der Waals surface area contributed by atoms with Gasteiger partial charge < -0.3 is 18.9 Å². The first-order valence-electron chi connectivity index (χ1n) is 10.4. The standard InChI is InChI=1S/C21H32O6/c1-11-5-15-17(26-15)7-13(11)19(22)24-9-21(3,4)10-25-20(23)14-8-18-16(27-18)6-12(14)2/h11-18H,5-10H2,1-4H3/t11?,12?,13?,14?,15?,16?,17-,18?/m1/s1. The molecule has 0 bridgehead atoms. The first-order valence-corrected chi connectivity index (χ1v) is 10.4. The van der Waals surface area contributed by atoms with Gasteiger partial charge in [0.05, 0.1) is 49.5 Å². The van der Waals surface area contributed by atoms with E-state index in [4.69, 9.17) is 18.9 Å². The van der Waals surface area contributed by atoms with Crippen LogP contribution in [0.4, 0.5) is 0 Å². The summed E-state index contributed by atoms with van der Waals surface area (Å²) in [6.07, 6.45) is 4.64. The van der Waals surface area contributed by atoms with Gasteiger partial charge in [-0.2, -0.15) is 0 Å².